The van der Waals surface area contributed by atoms with Gasteiger partial charge < -0.3 is 11.1 Å². The molecule has 2 rings (SSSR count). The first-order valence-corrected chi connectivity index (χ1v) is 5.74. The molecule has 0 fully saturated rings. The molecule has 4 heteroatoms. The number of pyridine rings is 1. The number of hydrogen-bond donors (Lipinski definition) is 2. The van der Waals surface area contributed by atoms with Gasteiger partial charge >= 0.3 is 0 Å². The van der Waals surface area contributed by atoms with Crippen LogP contribution in [0.4, 0.5) is 17.2 Å². The standard InChI is InChI=1S/C14H14N4/c1-2-10-3-5-13(6-4-10)18-14-11(8-15)7-12(16)9-17-14/h3-7,9H,2,16H2,1H3,(H,17,18). The Kier molecular flexibility index (Phi) is 3.44. The van der Waals surface area contributed by atoms with Crippen LogP contribution in [0.5, 0.6) is 0 Å². The highest BCUT2D eigenvalue weighted by molar-refractivity contribution is 5.65. The molecule has 0 aliphatic carbocycles. The molecule has 18 heavy (non-hydrogen) atoms. The normalized spacial score (nSPS) is 9.78. The largest absolute Gasteiger partial charge is 0.397 e. The predicted octanol–water partition coefficient (Wildman–Crippen LogP) is 2.84. The summed E-state index contributed by atoms with van der Waals surface area (Å²) in [5, 5.41) is 12.1. The van der Waals surface area contributed by atoms with Crippen molar-refractivity contribution in [2.45, 2.75) is 13.3 Å². The van der Waals surface area contributed by atoms with Crippen LogP contribution in [-0.4, -0.2) is 4.98 Å². The number of benzene rings is 1. The first-order valence-electron chi connectivity index (χ1n) is 5.74. The van der Waals surface area contributed by atoms with Crippen molar-refractivity contribution in [1.82, 2.24) is 4.98 Å². The van der Waals surface area contributed by atoms with Crippen molar-refractivity contribution in [2.24, 2.45) is 0 Å². The second-order valence-electron chi connectivity index (χ2n) is 3.95. The Balaban J connectivity index is 2.25. The lowest BCUT2D eigenvalue weighted by molar-refractivity contribution is 1.14. The molecule has 0 unspecified atom stereocenters. The Morgan fingerprint density at radius 1 is 1.33 bits per heavy atom. The summed E-state index contributed by atoms with van der Waals surface area (Å²) in [7, 11) is 0. The summed E-state index contributed by atoms with van der Waals surface area (Å²) in [6.45, 7) is 2.11. The number of aromatic nitrogens is 1. The average Bonchev–Trinajstić information content (AvgIpc) is 2.41. The second kappa shape index (κ2) is 5.19. The van der Waals surface area contributed by atoms with Crippen LogP contribution in [0.1, 0.15) is 18.1 Å². The molecule has 2 aromatic rings. The minimum absolute atomic E-state index is 0.439. The number of nitriles is 1. The fourth-order valence-corrected chi connectivity index (χ4v) is 1.63. The minimum Gasteiger partial charge on any atom is -0.397 e. The molecule has 1 aromatic heterocycles. The Labute approximate surface area is 106 Å². The zero-order valence-electron chi connectivity index (χ0n) is 10.1. The van der Waals surface area contributed by atoms with Gasteiger partial charge in [0, 0.05) is 5.69 Å². The van der Waals surface area contributed by atoms with Crippen LogP contribution in [0.15, 0.2) is 36.5 Å². The van der Waals surface area contributed by atoms with Crippen molar-refractivity contribution in [3.63, 3.8) is 0 Å². The van der Waals surface area contributed by atoms with Crippen LogP contribution in [0.3, 0.4) is 0 Å². The molecule has 0 radical (unpaired) electrons. The molecule has 0 aliphatic heterocycles. The van der Waals surface area contributed by atoms with Gasteiger partial charge in [0.05, 0.1) is 17.4 Å². The smallest absolute Gasteiger partial charge is 0.148 e. The van der Waals surface area contributed by atoms with Gasteiger partial charge in [-0.25, -0.2) is 4.98 Å². The molecule has 90 valence electrons. The number of rotatable bonds is 3. The third kappa shape index (κ3) is 2.58. The van der Waals surface area contributed by atoms with Gasteiger partial charge in [0.15, 0.2) is 0 Å². The Bertz CT molecular complexity index is 582. The summed E-state index contributed by atoms with van der Waals surface area (Å²) in [5.74, 6) is 0.524. The van der Waals surface area contributed by atoms with E-state index in [4.69, 9.17) is 11.0 Å². The molecule has 3 N–H and O–H groups in total. The van der Waals surface area contributed by atoms with Gasteiger partial charge in [-0.3, -0.25) is 0 Å². The van der Waals surface area contributed by atoms with Crippen molar-refractivity contribution < 1.29 is 0 Å². The van der Waals surface area contributed by atoms with E-state index in [1.165, 1.54) is 11.8 Å². The van der Waals surface area contributed by atoms with Gasteiger partial charge in [0.2, 0.25) is 0 Å². The fourth-order valence-electron chi connectivity index (χ4n) is 1.63. The number of hydrogen-bond acceptors (Lipinski definition) is 4. The average molecular weight is 238 g/mol. The van der Waals surface area contributed by atoms with Gasteiger partial charge in [-0.05, 0) is 30.2 Å². The van der Waals surface area contributed by atoms with Crippen molar-refractivity contribution in [3.8, 4) is 6.07 Å². The highest BCUT2D eigenvalue weighted by Crippen LogP contribution is 2.20. The third-order valence-electron chi connectivity index (χ3n) is 2.65. The van der Waals surface area contributed by atoms with Crippen molar-refractivity contribution in [3.05, 3.63) is 47.7 Å². The molecule has 0 bridgehead atoms. The quantitative estimate of drug-likeness (QED) is 0.862. The zero-order valence-corrected chi connectivity index (χ0v) is 10.1. The lowest BCUT2D eigenvalue weighted by atomic mass is 10.1. The highest BCUT2D eigenvalue weighted by Gasteiger charge is 2.04. The topological polar surface area (TPSA) is 74.7 Å². The maximum absolute atomic E-state index is 9.02. The molecule has 0 aliphatic rings. The molecule has 0 spiro atoms. The van der Waals surface area contributed by atoms with Crippen LogP contribution in [-0.2, 0) is 6.42 Å². The number of nitrogens with two attached hydrogens (primary N) is 1. The molecular weight excluding hydrogens is 224 g/mol. The van der Waals surface area contributed by atoms with Crippen LogP contribution >= 0.6 is 0 Å². The van der Waals surface area contributed by atoms with Crippen molar-refractivity contribution in [1.29, 1.82) is 5.26 Å². The summed E-state index contributed by atoms with van der Waals surface area (Å²) in [5.41, 5.74) is 8.69. The van der Waals surface area contributed by atoms with Gasteiger partial charge in [-0.1, -0.05) is 19.1 Å². The van der Waals surface area contributed by atoms with Gasteiger partial charge in [-0.15, -0.1) is 0 Å². The lowest BCUT2D eigenvalue weighted by Crippen LogP contribution is -1.98. The minimum atomic E-state index is 0.439. The van der Waals surface area contributed by atoms with E-state index in [1.54, 1.807) is 6.07 Å². The van der Waals surface area contributed by atoms with E-state index in [1.807, 2.05) is 24.3 Å². The van der Waals surface area contributed by atoms with Crippen LogP contribution in [0, 0.1) is 11.3 Å². The molecule has 0 atom stereocenters. The van der Waals surface area contributed by atoms with Gasteiger partial charge in [-0.2, -0.15) is 5.26 Å². The second-order valence-corrected chi connectivity index (χ2v) is 3.95. The summed E-state index contributed by atoms with van der Waals surface area (Å²) in [6, 6.07) is 11.7. The Morgan fingerprint density at radius 2 is 2.06 bits per heavy atom. The number of nitrogens with zero attached hydrogens (tertiary/aromatic N) is 2. The highest BCUT2D eigenvalue weighted by atomic mass is 15.0. The van der Waals surface area contributed by atoms with E-state index in [0.29, 0.717) is 17.1 Å². The predicted molar refractivity (Wildman–Crippen MR) is 72.5 cm³/mol. The molecule has 1 aromatic carbocycles. The zero-order chi connectivity index (χ0) is 13.0. The number of nitrogens with one attached hydrogen (secondary N) is 1. The Hall–Kier alpha value is -2.54. The summed E-state index contributed by atoms with van der Waals surface area (Å²) in [4.78, 5) is 4.13. The van der Waals surface area contributed by atoms with E-state index in [0.717, 1.165) is 12.1 Å². The van der Waals surface area contributed by atoms with Gasteiger partial charge in [0.25, 0.3) is 0 Å². The molecule has 0 saturated heterocycles. The molecular formula is C14H14N4. The van der Waals surface area contributed by atoms with E-state index >= 15 is 0 Å². The van der Waals surface area contributed by atoms with Crippen LogP contribution in [0.25, 0.3) is 0 Å². The summed E-state index contributed by atoms with van der Waals surface area (Å²) >= 11 is 0. The van der Waals surface area contributed by atoms with E-state index in [-0.39, 0.29) is 0 Å². The maximum atomic E-state index is 9.02. The molecule has 0 saturated carbocycles. The molecule has 4 nitrogen and oxygen atoms in total. The van der Waals surface area contributed by atoms with Crippen LogP contribution in [0.2, 0.25) is 0 Å². The number of anilines is 3. The summed E-state index contributed by atoms with van der Waals surface area (Å²) < 4.78 is 0. The summed E-state index contributed by atoms with van der Waals surface area (Å²) in [6.07, 6.45) is 2.54. The number of aryl methyl sites for hydroxylation is 1. The van der Waals surface area contributed by atoms with Crippen molar-refractivity contribution in [2.75, 3.05) is 11.1 Å². The first kappa shape index (κ1) is 11.9. The SMILES string of the molecule is CCc1ccc(Nc2ncc(N)cc2C#N)cc1. The lowest BCUT2D eigenvalue weighted by Gasteiger charge is -2.08. The monoisotopic (exact) mass is 238 g/mol. The van der Waals surface area contributed by atoms with Crippen molar-refractivity contribution >= 4 is 17.2 Å². The van der Waals surface area contributed by atoms with E-state index in [2.05, 4.69) is 23.3 Å². The first-order chi connectivity index (χ1) is 8.72. The molecule has 1 heterocycles. The number of nitrogen functional groups attached to an aromatic ring is 1. The fraction of sp³-hybridized carbons (Fsp3) is 0.143. The Morgan fingerprint density at radius 3 is 2.67 bits per heavy atom. The van der Waals surface area contributed by atoms with Gasteiger partial charge in [0.1, 0.15) is 11.9 Å². The third-order valence-corrected chi connectivity index (χ3v) is 2.65. The maximum Gasteiger partial charge on any atom is 0.148 e. The van der Waals surface area contributed by atoms with E-state index in [9.17, 15) is 0 Å². The van der Waals surface area contributed by atoms with E-state index < -0.39 is 0 Å². The molecule has 0 amide bonds. The van der Waals surface area contributed by atoms with Crippen LogP contribution < -0.4 is 11.1 Å².